The molecule has 6 heteroatoms. The van der Waals surface area contributed by atoms with Crippen LogP contribution in [0.4, 0.5) is 0 Å². The molecule has 0 spiro atoms. The van der Waals surface area contributed by atoms with Crippen LogP contribution in [-0.2, 0) is 16.0 Å². The maximum atomic E-state index is 10.7. The first-order valence-electron chi connectivity index (χ1n) is 5.28. The van der Waals surface area contributed by atoms with Gasteiger partial charge in [0.15, 0.2) is 5.92 Å². The van der Waals surface area contributed by atoms with E-state index in [1.54, 1.807) is 24.3 Å². The lowest BCUT2D eigenvalue weighted by Crippen LogP contribution is -2.25. The van der Waals surface area contributed by atoms with Crippen molar-refractivity contribution in [2.24, 2.45) is 5.92 Å². The van der Waals surface area contributed by atoms with Crippen LogP contribution in [0.5, 0.6) is 5.75 Å². The van der Waals surface area contributed by atoms with Gasteiger partial charge in [-0.3, -0.25) is 9.59 Å². The molecule has 0 radical (unpaired) electrons. The summed E-state index contributed by atoms with van der Waals surface area (Å²) in [5.41, 5.74) is 0.628. The first-order chi connectivity index (χ1) is 8.54. The minimum atomic E-state index is -1.43. The zero-order valence-corrected chi connectivity index (χ0v) is 10.3. The standard InChI is InChI=1S/C12H13ClO5/c13-5-6-18-9-3-1-8(2-4-9)7-10(11(14)15)12(16)17/h1-4,10H,5-7H2,(H,14,15)(H,16,17). The van der Waals surface area contributed by atoms with Gasteiger partial charge < -0.3 is 14.9 Å². The van der Waals surface area contributed by atoms with Crippen molar-refractivity contribution in [3.8, 4) is 5.75 Å². The molecule has 0 aliphatic rings. The molecule has 18 heavy (non-hydrogen) atoms. The fourth-order valence-corrected chi connectivity index (χ4v) is 1.47. The highest BCUT2D eigenvalue weighted by molar-refractivity contribution is 6.18. The van der Waals surface area contributed by atoms with Crippen LogP contribution >= 0.6 is 11.6 Å². The number of rotatable bonds is 7. The molecule has 5 nitrogen and oxygen atoms in total. The Hall–Kier alpha value is -1.75. The molecule has 0 saturated heterocycles. The van der Waals surface area contributed by atoms with Gasteiger partial charge in [0.05, 0.1) is 5.88 Å². The summed E-state index contributed by atoms with van der Waals surface area (Å²) in [5.74, 6) is -3.13. The highest BCUT2D eigenvalue weighted by Crippen LogP contribution is 2.15. The molecule has 1 rings (SSSR count). The number of carboxylic acid groups (broad SMARTS) is 2. The van der Waals surface area contributed by atoms with Crippen LogP contribution in [0.1, 0.15) is 5.56 Å². The number of halogens is 1. The number of carboxylic acids is 2. The smallest absolute Gasteiger partial charge is 0.318 e. The Labute approximate surface area is 109 Å². The van der Waals surface area contributed by atoms with E-state index in [2.05, 4.69) is 0 Å². The van der Waals surface area contributed by atoms with Gasteiger partial charge in [-0.15, -0.1) is 11.6 Å². The number of hydrogen-bond donors (Lipinski definition) is 2. The Morgan fingerprint density at radius 2 is 1.72 bits per heavy atom. The Morgan fingerprint density at radius 1 is 1.17 bits per heavy atom. The van der Waals surface area contributed by atoms with E-state index in [0.29, 0.717) is 23.8 Å². The first kappa shape index (κ1) is 14.3. The Morgan fingerprint density at radius 3 is 2.17 bits per heavy atom. The van der Waals surface area contributed by atoms with Gasteiger partial charge >= 0.3 is 11.9 Å². The second kappa shape index (κ2) is 6.86. The van der Waals surface area contributed by atoms with E-state index in [1.807, 2.05) is 0 Å². The Bertz CT molecular complexity index is 401. The zero-order chi connectivity index (χ0) is 13.5. The van der Waals surface area contributed by atoms with Gasteiger partial charge in [-0.1, -0.05) is 12.1 Å². The lowest BCUT2D eigenvalue weighted by molar-refractivity contribution is -0.154. The molecule has 2 N–H and O–H groups in total. The van der Waals surface area contributed by atoms with Crippen LogP contribution in [0, 0.1) is 5.92 Å². The molecule has 0 amide bonds. The van der Waals surface area contributed by atoms with Crippen LogP contribution < -0.4 is 4.74 Å². The number of carbonyl (C=O) groups is 2. The van der Waals surface area contributed by atoms with Gasteiger partial charge in [-0.2, -0.15) is 0 Å². The predicted molar refractivity (Wildman–Crippen MR) is 65.1 cm³/mol. The second-order valence-electron chi connectivity index (χ2n) is 3.61. The molecular weight excluding hydrogens is 260 g/mol. The van der Waals surface area contributed by atoms with Crippen LogP contribution in [0.15, 0.2) is 24.3 Å². The molecule has 0 unspecified atom stereocenters. The van der Waals surface area contributed by atoms with Gasteiger partial charge in [-0.05, 0) is 24.1 Å². The highest BCUT2D eigenvalue weighted by atomic mass is 35.5. The topological polar surface area (TPSA) is 83.8 Å². The van der Waals surface area contributed by atoms with E-state index in [1.165, 1.54) is 0 Å². The average molecular weight is 273 g/mol. The van der Waals surface area contributed by atoms with Crippen molar-refractivity contribution in [2.75, 3.05) is 12.5 Å². The Kier molecular flexibility index (Phi) is 5.45. The first-order valence-corrected chi connectivity index (χ1v) is 5.81. The van der Waals surface area contributed by atoms with Crippen LogP contribution in [-0.4, -0.2) is 34.6 Å². The summed E-state index contributed by atoms with van der Waals surface area (Å²) in [6, 6.07) is 6.59. The molecule has 0 aliphatic heterocycles. The summed E-state index contributed by atoms with van der Waals surface area (Å²) in [6.07, 6.45) is -0.0551. The highest BCUT2D eigenvalue weighted by Gasteiger charge is 2.25. The van der Waals surface area contributed by atoms with E-state index in [9.17, 15) is 9.59 Å². The number of benzene rings is 1. The predicted octanol–water partition coefficient (Wildman–Crippen LogP) is 1.63. The van der Waals surface area contributed by atoms with Crippen LogP contribution in [0.25, 0.3) is 0 Å². The van der Waals surface area contributed by atoms with Crippen molar-refractivity contribution >= 4 is 23.5 Å². The molecule has 0 heterocycles. The fraction of sp³-hybridized carbons (Fsp3) is 0.333. The molecular formula is C12H13ClO5. The minimum Gasteiger partial charge on any atom is -0.492 e. The molecule has 1 aromatic rings. The third kappa shape index (κ3) is 4.25. The zero-order valence-electron chi connectivity index (χ0n) is 9.51. The van der Waals surface area contributed by atoms with Crippen molar-refractivity contribution in [3.63, 3.8) is 0 Å². The summed E-state index contributed by atoms with van der Waals surface area (Å²) < 4.78 is 5.25. The van der Waals surface area contributed by atoms with Crippen LogP contribution in [0.2, 0.25) is 0 Å². The molecule has 98 valence electrons. The van der Waals surface area contributed by atoms with Crippen LogP contribution in [0.3, 0.4) is 0 Å². The van der Waals surface area contributed by atoms with Gasteiger partial charge in [0.1, 0.15) is 12.4 Å². The molecule has 0 aliphatic carbocycles. The second-order valence-corrected chi connectivity index (χ2v) is 3.99. The lowest BCUT2D eigenvalue weighted by atomic mass is 10.00. The van der Waals surface area contributed by atoms with Crippen molar-refractivity contribution in [2.45, 2.75) is 6.42 Å². The summed E-state index contributed by atoms with van der Waals surface area (Å²) in [4.78, 5) is 21.5. The third-order valence-electron chi connectivity index (χ3n) is 2.31. The lowest BCUT2D eigenvalue weighted by Gasteiger charge is -2.08. The fourth-order valence-electron chi connectivity index (χ4n) is 1.39. The summed E-state index contributed by atoms with van der Waals surface area (Å²) in [7, 11) is 0. The van der Waals surface area contributed by atoms with Gasteiger partial charge in [-0.25, -0.2) is 0 Å². The van der Waals surface area contributed by atoms with E-state index in [0.717, 1.165) is 0 Å². The quantitative estimate of drug-likeness (QED) is 0.582. The monoisotopic (exact) mass is 272 g/mol. The van der Waals surface area contributed by atoms with Crippen molar-refractivity contribution in [1.82, 2.24) is 0 Å². The maximum absolute atomic E-state index is 10.7. The molecule has 0 saturated carbocycles. The maximum Gasteiger partial charge on any atom is 0.318 e. The van der Waals surface area contributed by atoms with E-state index in [4.69, 9.17) is 26.6 Å². The van der Waals surface area contributed by atoms with E-state index < -0.39 is 17.9 Å². The molecule has 0 atom stereocenters. The van der Waals surface area contributed by atoms with E-state index in [-0.39, 0.29) is 6.42 Å². The third-order valence-corrected chi connectivity index (χ3v) is 2.46. The van der Waals surface area contributed by atoms with Crippen molar-refractivity contribution in [3.05, 3.63) is 29.8 Å². The average Bonchev–Trinajstić information content (AvgIpc) is 2.34. The largest absolute Gasteiger partial charge is 0.492 e. The number of hydrogen-bond acceptors (Lipinski definition) is 3. The molecule has 0 bridgehead atoms. The minimum absolute atomic E-state index is 0.0551. The van der Waals surface area contributed by atoms with Gasteiger partial charge in [0.2, 0.25) is 0 Å². The number of alkyl halides is 1. The summed E-state index contributed by atoms with van der Waals surface area (Å²) in [6.45, 7) is 0.383. The molecule has 0 aromatic heterocycles. The summed E-state index contributed by atoms with van der Waals surface area (Å²) in [5, 5.41) is 17.5. The van der Waals surface area contributed by atoms with E-state index >= 15 is 0 Å². The van der Waals surface area contributed by atoms with Crippen molar-refractivity contribution in [1.29, 1.82) is 0 Å². The van der Waals surface area contributed by atoms with Gasteiger partial charge in [0, 0.05) is 0 Å². The molecule has 0 fully saturated rings. The van der Waals surface area contributed by atoms with Gasteiger partial charge in [0.25, 0.3) is 0 Å². The Balaban J connectivity index is 2.67. The van der Waals surface area contributed by atoms with Crippen molar-refractivity contribution < 1.29 is 24.5 Å². The summed E-state index contributed by atoms with van der Waals surface area (Å²) >= 11 is 5.47. The SMILES string of the molecule is O=C(O)C(Cc1ccc(OCCCl)cc1)C(=O)O. The number of ether oxygens (including phenoxy) is 1. The molecule has 1 aromatic carbocycles. The number of aliphatic carboxylic acids is 2. The normalized spacial score (nSPS) is 10.3.